The van der Waals surface area contributed by atoms with Gasteiger partial charge in [0.05, 0.1) is 12.2 Å². The zero-order chi connectivity index (χ0) is 22.2. The van der Waals surface area contributed by atoms with Crippen LogP contribution >= 0.6 is 0 Å². The SMILES string of the molecule is CC#CC[C@@H](C)[C@H](O)C=C[C@@H]1[C@H]2CC(CCCCC(=O)N3CCCCC3)=C[C@H]2C[C@H]1O. The van der Waals surface area contributed by atoms with Gasteiger partial charge in [0.1, 0.15) is 0 Å². The summed E-state index contributed by atoms with van der Waals surface area (Å²) in [5.74, 6) is 7.38. The zero-order valence-electron chi connectivity index (χ0n) is 19.4. The molecule has 1 amide bonds. The Balaban J connectivity index is 1.41. The molecule has 1 saturated carbocycles. The molecule has 0 aromatic carbocycles. The highest BCUT2D eigenvalue weighted by Gasteiger charge is 2.43. The van der Waals surface area contributed by atoms with Crippen LogP contribution in [0.5, 0.6) is 0 Å². The Morgan fingerprint density at radius 3 is 2.81 bits per heavy atom. The van der Waals surface area contributed by atoms with Crippen LogP contribution < -0.4 is 0 Å². The first kappa shape index (κ1) is 24.1. The molecule has 2 fully saturated rings. The van der Waals surface area contributed by atoms with Gasteiger partial charge in [-0.2, -0.15) is 0 Å². The Bertz CT molecular complexity index is 710. The van der Waals surface area contributed by atoms with Gasteiger partial charge in [0.2, 0.25) is 5.91 Å². The largest absolute Gasteiger partial charge is 0.392 e. The second-order valence-electron chi connectivity index (χ2n) is 9.87. The number of aliphatic hydroxyl groups excluding tert-OH is 2. The minimum Gasteiger partial charge on any atom is -0.392 e. The third-order valence-electron chi connectivity index (χ3n) is 7.51. The summed E-state index contributed by atoms with van der Waals surface area (Å²) < 4.78 is 0. The van der Waals surface area contributed by atoms with Gasteiger partial charge >= 0.3 is 0 Å². The molecular weight excluding hydrogens is 386 g/mol. The monoisotopic (exact) mass is 427 g/mol. The molecule has 0 radical (unpaired) electrons. The molecule has 4 nitrogen and oxygen atoms in total. The van der Waals surface area contributed by atoms with Gasteiger partial charge in [-0.25, -0.2) is 0 Å². The lowest BCUT2D eigenvalue weighted by Crippen LogP contribution is -2.35. The molecule has 0 aromatic heterocycles. The molecule has 1 aliphatic heterocycles. The number of carbonyl (C=O) groups excluding carboxylic acids is 1. The van der Waals surface area contributed by atoms with E-state index in [4.69, 9.17) is 0 Å². The molecule has 3 rings (SSSR count). The summed E-state index contributed by atoms with van der Waals surface area (Å²) in [5, 5.41) is 20.9. The number of likely N-dealkylation sites (tertiary alicyclic amines) is 1. The summed E-state index contributed by atoms with van der Waals surface area (Å²) in [7, 11) is 0. The highest BCUT2D eigenvalue weighted by atomic mass is 16.3. The zero-order valence-corrected chi connectivity index (χ0v) is 19.4. The van der Waals surface area contributed by atoms with Gasteiger partial charge in [-0.1, -0.05) is 30.7 Å². The lowest BCUT2D eigenvalue weighted by Gasteiger charge is -2.26. The van der Waals surface area contributed by atoms with Crippen LogP contribution in [0.4, 0.5) is 0 Å². The van der Waals surface area contributed by atoms with Crippen molar-refractivity contribution in [3.63, 3.8) is 0 Å². The average Bonchev–Trinajstić information content (AvgIpc) is 3.30. The van der Waals surface area contributed by atoms with E-state index in [9.17, 15) is 15.0 Å². The molecule has 2 aliphatic carbocycles. The van der Waals surface area contributed by atoms with Gasteiger partial charge in [0.15, 0.2) is 0 Å². The van der Waals surface area contributed by atoms with Crippen LogP contribution in [0, 0.1) is 35.5 Å². The van der Waals surface area contributed by atoms with E-state index in [0.29, 0.717) is 30.6 Å². The lowest BCUT2D eigenvalue weighted by atomic mass is 9.88. The van der Waals surface area contributed by atoms with E-state index in [2.05, 4.69) is 24.0 Å². The maximum atomic E-state index is 12.3. The van der Waals surface area contributed by atoms with Gasteiger partial charge in [-0.05, 0) is 76.0 Å². The molecule has 2 N–H and O–H groups in total. The molecule has 4 heteroatoms. The van der Waals surface area contributed by atoms with E-state index >= 15 is 0 Å². The minimum atomic E-state index is -0.515. The number of piperidine rings is 1. The standard InChI is InChI=1S/C27H41NO3/c1-3-4-10-20(2)25(29)14-13-23-24-18-21(17-22(24)19-26(23)30)11-6-7-12-27(31)28-15-8-5-9-16-28/h13-14,17,20,22-26,29-30H,5-12,15-16,18-19H2,1-2H3/t20-,22+,23-,24+,25-,26-/m1/s1. The summed E-state index contributed by atoms with van der Waals surface area (Å²) in [6.07, 6.45) is 15.4. The number of aliphatic hydroxyl groups is 2. The van der Waals surface area contributed by atoms with Gasteiger partial charge in [0.25, 0.3) is 0 Å². The van der Waals surface area contributed by atoms with Crippen molar-refractivity contribution in [2.45, 2.75) is 90.3 Å². The molecule has 1 saturated heterocycles. The fourth-order valence-corrected chi connectivity index (χ4v) is 5.54. The second kappa shape index (κ2) is 11.9. The topological polar surface area (TPSA) is 60.8 Å². The first-order valence-corrected chi connectivity index (χ1v) is 12.4. The molecule has 0 unspecified atom stereocenters. The normalized spacial score (nSPS) is 29.9. The maximum Gasteiger partial charge on any atom is 0.222 e. The molecule has 6 atom stereocenters. The van der Waals surface area contributed by atoms with Crippen LogP contribution in [0.25, 0.3) is 0 Å². The summed E-state index contributed by atoms with van der Waals surface area (Å²) in [5.41, 5.74) is 1.50. The summed E-state index contributed by atoms with van der Waals surface area (Å²) in [6, 6.07) is 0. The van der Waals surface area contributed by atoms with Crippen molar-refractivity contribution in [2.24, 2.45) is 23.7 Å². The molecule has 0 spiro atoms. The number of hydrogen-bond acceptors (Lipinski definition) is 3. The Labute approximate surface area is 188 Å². The molecule has 1 heterocycles. The molecular formula is C27H41NO3. The Morgan fingerprint density at radius 1 is 1.29 bits per heavy atom. The molecule has 172 valence electrons. The quantitative estimate of drug-likeness (QED) is 0.324. The highest BCUT2D eigenvalue weighted by Crippen LogP contribution is 2.48. The first-order chi connectivity index (χ1) is 15.0. The van der Waals surface area contributed by atoms with Gasteiger partial charge in [0, 0.05) is 31.8 Å². The molecule has 0 bridgehead atoms. The summed E-state index contributed by atoms with van der Waals surface area (Å²) >= 11 is 0. The van der Waals surface area contributed by atoms with Crippen LogP contribution in [0.15, 0.2) is 23.8 Å². The van der Waals surface area contributed by atoms with Crippen LogP contribution in [-0.4, -0.2) is 46.3 Å². The predicted octanol–water partition coefficient (Wildman–Crippen LogP) is 4.47. The van der Waals surface area contributed by atoms with E-state index in [1.54, 1.807) is 0 Å². The fraction of sp³-hybridized carbons (Fsp3) is 0.741. The lowest BCUT2D eigenvalue weighted by molar-refractivity contribution is -0.132. The van der Waals surface area contributed by atoms with E-state index in [-0.39, 0.29) is 17.9 Å². The molecule has 0 aromatic rings. The second-order valence-corrected chi connectivity index (χ2v) is 9.87. The van der Waals surface area contributed by atoms with Crippen LogP contribution in [0.1, 0.15) is 78.1 Å². The van der Waals surface area contributed by atoms with Crippen molar-refractivity contribution in [1.82, 2.24) is 4.90 Å². The Morgan fingerprint density at radius 2 is 2.06 bits per heavy atom. The predicted molar refractivity (Wildman–Crippen MR) is 125 cm³/mol. The number of amides is 1. The molecule has 31 heavy (non-hydrogen) atoms. The van der Waals surface area contributed by atoms with E-state index in [0.717, 1.165) is 58.0 Å². The van der Waals surface area contributed by atoms with E-state index < -0.39 is 6.10 Å². The smallest absolute Gasteiger partial charge is 0.222 e. The number of allylic oxidation sites excluding steroid dienone is 2. The van der Waals surface area contributed by atoms with E-state index in [1.807, 2.05) is 24.8 Å². The van der Waals surface area contributed by atoms with E-state index in [1.165, 1.54) is 12.0 Å². The Hall–Kier alpha value is -1.57. The third kappa shape index (κ3) is 6.70. The summed E-state index contributed by atoms with van der Waals surface area (Å²) in [6.45, 7) is 5.73. The van der Waals surface area contributed by atoms with Crippen LogP contribution in [0.2, 0.25) is 0 Å². The summed E-state index contributed by atoms with van der Waals surface area (Å²) in [4.78, 5) is 14.4. The van der Waals surface area contributed by atoms with Crippen LogP contribution in [0.3, 0.4) is 0 Å². The minimum absolute atomic E-state index is 0.1000. The number of carbonyl (C=O) groups is 1. The molecule has 3 aliphatic rings. The Kier molecular flexibility index (Phi) is 9.23. The van der Waals surface area contributed by atoms with Crippen LogP contribution in [-0.2, 0) is 4.79 Å². The van der Waals surface area contributed by atoms with Gasteiger partial charge < -0.3 is 15.1 Å². The van der Waals surface area contributed by atoms with Gasteiger partial charge in [-0.3, -0.25) is 4.79 Å². The highest BCUT2D eigenvalue weighted by molar-refractivity contribution is 5.76. The number of unbranched alkanes of at least 4 members (excludes halogenated alkanes) is 1. The van der Waals surface area contributed by atoms with Crippen molar-refractivity contribution < 1.29 is 15.0 Å². The maximum absolute atomic E-state index is 12.3. The van der Waals surface area contributed by atoms with Crippen molar-refractivity contribution in [2.75, 3.05) is 13.1 Å². The van der Waals surface area contributed by atoms with Crippen molar-refractivity contribution in [1.29, 1.82) is 0 Å². The first-order valence-electron chi connectivity index (χ1n) is 12.4. The van der Waals surface area contributed by atoms with Crippen molar-refractivity contribution in [3.8, 4) is 11.8 Å². The fourth-order valence-electron chi connectivity index (χ4n) is 5.54. The number of fused-ring (bicyclic) bond motifs is 1. The number of hydrogen-bond donors (Lipinski definition) is 2. The van der Waals surface area contributed by atoms with Crippen molar-refractivity contribution in [3.05, 3.63) is 23.8 Å². The average molecular weight is 428 g/mol. The van der Waals surface area contributed by atoms with Crippen molar-refractivity contribution >= 4 is 5.91 Å². The van der Waals surface area contributed by atoms with Gasteiger partial charge in [-0.15, -0.1) is 11.8 Å². The number of nitrogens with zero attached hydrogens (tertiary/aromatic N) is 1. The third-order valence-corrected chi connectivity index (χ3v) is 7.51. The number of rotatable bonds is 9.